The minimum Gasteiger partial charge on any atom is -0.486 e. The quantitative estimate of drug-likeness (QED) is 0.856. The molecule has 0 saturated carbocycles. The van der Waals surface area contributed by atoms with Gasteiger partial charge in [0.15, 0.2) is 0 Å². The molecular weight excluding hydrogens is 258 g/mol. The fourth-order valence-electron chi connectivity index (χ4n) is 1.19. The summed E-state index contributed by atoms with van der Waals surface area (Å²) in [5.74, 6) is 0.745. The highest BCUT2D eigenvalue weighted by Gasteiger charge is 2.05. The lowest BCUT2D eigenvalue weighted by Crippen LogP contribution is -1.98. The number of pyridine rings is 1. The number of hydrogen-bond donors (Lipinski definition) is 0. The van der Waals surface area contributed by atoms with Gasteiger partial charge < -0.3 is 4.74 Å². The van der Waals surface area contributed by atoms with Gasteiger partial charge in [-0.05, 0) is 28.1 Å². The summed E-state index contributed by atoms with van der Waals surface area (Å²) in [7, 11) is 1.87. The van der Waals surface area contributed by atoms with E-state index < -0.39 is 0 Å². The molecular formula is C10H10BrN3O. The lowest BCUT2D eigenvalue weighted by molar-refractivity contribution is 0.298. The highest BCUT2D eigenvalue weighted by atomic mass is 79.9. The van der Waals surface area contributed by atoms with Crippen LogP contribution in [0.1, 0.15) is 5.69 Å². The molecule has 0 radical (unpaired) electrons. The highest BCUT2D eigenvalue weighted by Crippen LogP contribution is 2.16. The predicted molar refractivity (Wildman–Crippen MR) is 59.5 cm³/mol. The van der Waals surface area contributed by atoms with Gasteiger partial charge in [-0.25, -0.2) is 0 Å². The summed E-state index contributed by atoms with van der Waals surface area (Å²) in [6.07, 6.45) is 5.28. The summed E-state index contributed by atoms with van der Waals surface area (Å²) in [5.41, 5.74) is 0.876. The van der Waals surface area contributed by atoms with Gasteiger partial charge in [0.05, 0.1) is 10.7 Å². The van der Waals surface area contributed by atoms with Crippen LogP contribution >= 0.6 is 15.9 Å². The van der Waals surface area contributed by atoms with Crippen molar-refractivity contribution in [2.45, 2.75) is 6.61 Å². The largest absolute Gasteiger partial charge is 0.486 e. The van der Waals surface area contributed by atoms with E-state index in [2.05, 4.69) is 26.0 Å². The standard InChI is InChI=1S/C10H10BrN3O/c1-14-6-9(11)10(13-14)7-15-8-3-2-4-12-5-8/h2-6H,7H2,1H3. The van der Waals surface area contributed by atoms with Gasteiger partial charge in [-0.2, -0.15) is 5.10 Å². The first kappa shape index (κ1) is 10.2. The summed E-state index contributed by atoms with van der Waals surface area (Å²) in [5, 5.41) is 4.25. The van der Waals surface area contributed by atoms with Gasteiger partial charge in [0.2, 0.25) is 0 Å². The van der Waals surface area contributed by atoms with E-state index in [4.69, 9.17) is 4.74 Å². The molecule has 0 spiro atoms. The number of aromatic nitrogens is 3. The highest BCUT2D eigenvalue weighted by molar-refractivity contribution is 9.10. The van der Waals surface area contributed by atoms with Crippen LogP contribution in [0, 0.1) is 0 Å². The molecule has 4 nitrogen and oxygen atoms in total. The molecule has 2 rings (SSSR count). The summed E-state index contributed by atoms with van der Waals surface area (Å²) >= 11 is 3.41. The number of aryl methyl sites for hydroxylation is 1. The van der Waals surface area contributed by atoms with E-state index in [0.29, 0.717) is 6.61 Å². The SMILES string of the molecule is Cn1cc(Br)c(COc2cccnc2)n1. The summed E-state index contributed by atoms with van der Waals surface area (Å²) < 4.78 is 8.21. The van der Waals surface area contributed by atoms with Gasteiger partial charge in [0.1, 0.15) is 18.1 Å². The maximum atomic E-state index is 5.52. The van der Waals surface area contributed by atoms with Gasteiger partial charge in [0, 0.05) is 19.4 Å². The Hall–Kier alpha value is -1.36. The van der Waals surface area contributed by atoms with E-state index in [1.54, 1.807) is 17.1 Å². The third kappa shape index (κ3) is 2.56. The minimum atomic E-state index is 0.438. The van der Waals surface area contributed by atoms with Crippen molar-refractivity contribution >= 4 is 15.9 Å². The Labute approximate surface area is 96.0 Å². The van der Waals surface area contributed by atoms with Crippen molar-refractivity contribution in [1.82, 2.24) is 14.8 Å². The minimum absolute atomic E-state index is 0.438. The smallest absolute Gasteiger partial charge is 0.138 e. The second kappa shape index (κ2) is 4.44. The molecule has 0 amide bonds. The van der Waals surface area contributed by atoms with Crippen molar-refractivity contribution in [2.75, 3.05) is 0 Å². The molecule has 0 fully saturated rings. The average molecular weight is 268 g/mol. The van der Waals surface area contributed by atoms with Crippen molar-refractivity contribution in [3.05, 3.63) is 40.9 Å². The topological polar surface area (TPSA) is 39.9 Å². The molecule has 0 aromatic carbocycles. The van der Waals surface area contributed by atoms with Crippen LogP contribution in [0.25, 0.3) is 0 Å². The second-order valence-electron chi connectivity index (χ2n) is 3.07. The molecule has 0 unspecified atom stereocenters. The van der Waals surface area contributed by atoms with Crippen molar-refractivity contribution in [2.24, 2.45) is 7.05 Å². The zero-order valence-corrected chi connectivity index (χ0v) is 9.81. The molecule has 0 aliphatic heterocycles. The summed E-state index contributed by atoms with van der Waals surface area (Å²) in [4.78, 5) is 3.96. The van der Waals surface area contributed by atoms with Crippen molar-refractivity contribution in [3.63, 3.8) is 0 Å². The van der Waals surface area contributed by atoms with Crippen LogP contribution in [-0.2, 0) is 13.7 Å². The molecule has 0 bridgehead atoms. The molecule has 5 heteroatoms. The predicted octanol–water partition coefficient (Wildman–Crippen LogP) is 2.16. The molecule has 0 saturated heterocycles. The van der Waals surface area contributed by atoms with E-state index in [-0.39, 0.29) is 0 Å². The van der Waals surface area contributed by atoms with Crippen LogP contribution < -0.4 is 4.74 Å². The molecule has 0 N–H and O–H groups in total. The normalized spacial score (nSPS) is 10.3. The van der Waals surface area contributed by atoms with Crippen LogP contribution in [0.2, 0.25) is 0 Å². The van der Waals surface area contributed by atoms with E-state index in [1.165, 1.54) is 0 Å². The molecule has 0 atom stereocenters. The molecule has 0 aliphatic carbocycles. The zero-order chi connectivity index (χ0) is 10.7. The second-order valence-corrected chi connectivity index (χ2v) is 3.93. The molecule has 2 heterocycles. The monoisotopic (exact) mass is 267 g/mol. The molecule has 0 aliphatic rings. The van der Waals surface area contributed by atoms with E-state index in [9.17, 15) is 0 Å². The fraction of sp³-hybridized carbons (Fsp3) is 0.200. The van der Waals surface area contributed by atoms with Crippen LogP contribution in [0.4, 0.5) is 0 Å². The van der Waals surface area contributed by atoms with Crippen molar-refractivity contribution in [3.8, 4) is 5.75 Å². The third-order valence-corrected chi connectivity index (χ3v) is 2.53. The summed E-state index contributed by atoms with van der Waals surface area (Å²) in [6, 6.07) is 3.70. The Morgan fingerprint density at radius 2 is 2.40 bits per heavy atom. The summed E-state index contributed by atoms with van der Waals surface area (Å²) in [6.45, 7) is 0.438. The number of halogens is 1. The lowest BCUT2D eigenvalue weighted by atomic mass is 10.4. The van der Waals surface area contributed by atoms with Crippen molar-refractivity contribution < 1.29 is 4.74 Å². The van der Waals surface area contributed by atoms with Gasteiger partial charge in [0.25, 0.3) is 0 Å². The molecule has 15 heavy (non-hydrogen) atoms. The zero-order valence-electron chi connectivity index (χ0n) is 8.22. The Bertz CT molecular complexity index is 441. The van der Waals surface area contributed by atoms with E-state index in [0.717, 1.165) is 15.9 Å². The maximum absolute atomic E-state index is 5.52. The Balaban J connectivity index is 2.02. The lowest BCUT2D eigenvalue weighted by Gasteiger charge is -2.02. The molecule has 2 aromatic heterocycles. The van der Waals surface area contributed by atoms with Crippen LogP contribution in [0.15, 0.2) is 35.2 Å². The Kier molecular flexibility index (Phi) is 3.01. The van der Waals surface area contributed by atoms with Crippen LogP contribution in [0.3, 0.4) is 0 Å². The third-order valence-electron chi connectivity index (χ3n) is 1.86. The van der Waals surface area contributed by atoms with Gasteiger partial charge in [-0.15, -0.1) is 0 Å². The maximum Gasteiger partial charge on any atom is 0.138 e. The van der Waals surface area contributed by atoms with Crippen LogP contribution in [0.5, 0.6) is 5.75 Å². The molecule has 78 valence electrons. The number of hydrogen-bond acceptors (Lipinski definition) is 3. The number of ether oxygens (including phenoxy) is 1. The van der Waals surface area contributed by atoms with Gasteiger partial charge in [-0.3, -0.25) is 9.67 Å². The van der Waals surface area contributed by atoms with Gasteiger partial charge in [-0.1, -0.05) is 0 Å². The van der Waals surface area contributed by atoms with Gasteiger partial charge >= 0.3 is 0 Å². The van der Waals surface area contributed by atoms with Crippen molar-refractivity contribution in [1.29, 1.82) is 0 Å². The van der Waals surface area contributed by atoms with E-state index in [1.807, 2.05) is 25.4 Å². The Morgan fingerprint density at radius 1 is 1.53 bits per heavy atom. The molecule has 2 aromatic rings. The Morgan fingerprint density at radius 3 is 3.00 bits per heavy atom. The first-order valence-corrected chi connectivity index (χ1v) is 5.26. The number of rotatable bonds is 3. The van der Waals surface area contributed by atoms with E-state index >= 15 is 0 Å². The first-order chi connectivity index (χ1) is 7.25. The first-order valence-electron chi connectivity index (χ1n) is 4.46. The van der Waals surface area contributed by atoms with Crippen LogP contribution in [-0.4, -0.2) is 14.8 Å². The fourth-order valence-corrected chi connectivity index (χ4v) is 1.68. The average Bonchev–Trinajstić information content (AvgIpc) is 2.56. The number of nitrogens with zero attached hydrogens (tertiary/aromatic N) is 3.